The number of aliphatic hydroxyl groups excluding tert-OH is 2. The summed E-state index contributed by atoms with van der Waals surface area (Å²) < 4.78 is 21.7. The first-order valence-corrected chi connectivity index (χ1v) is 5.31. The molecule has 6 nitrogen and oxygen atoms in total. The van der Waals surface area contributed by atoms with E-state index in [1.807, 2.05) is 0 Å². The molecule has 0 bridgehead atoms. The van der Waals surface area contributed by atoms with Gasteiger partial charge in [-0.15, -0.1) is 0 Å². The van der Waals surface area contributed by atoms with Crippen LogP contribution in [0.25, 0.3) is 0 Å². The van der Waals surface area contributed by atoms with Crippen LogP contribution in [-0.4, -0.2) is 60.4 Å². The van der Waals surface area contributed by atoms with Crippen molar-refractivity contribution in [2.45, 2.75) is 50.3 Å². The van der Waals surface area contributed by atoms with Crippen LogP contribution in [0.3, 0.4) is 0 Å². The van der Waals surface area contributed by atoms with E-state index in [-0.39, 0.29) is 6.61 Å². The van der Waals surface area contributed by atoms with Crippen molar-refractivity contribution in [2.75, 3.05) is 13.7 Å². The summed E-state index contributed by atoms with van der Waals surface area (Å²) in [6.07, 6.45) is -3.26. The van der Waals surface area contributed by atoms with Gasteiger partial charge >= 0.3 is 0 Å². The van der Waals surface area contributed by atoms with Crippen molar-refractivity contribution in [3.63, 3.8) is 0 Å². The van der Waals surface area contributed by atoms with E-state index >= 15 is 0 Å². The fourth-order valence-electron chi connectivity index (χ4n) is 2.17. The number of hydrogen-bond acceptors (Lipinski definition) is 6. The minimum absolute atomic E-state index is 0.284. The zero-order valence-electron chi connectivity index (χ0n) is 9.62. The lowest BCUT2D eigenvalue weighted by atomic mass is 9.99. The lowest BCUT2D eigenvalue weighted by Crippen LogP contribution is -2.57. The van der Waals surface area contributed by atoms with Gasteiger partial charge in [0.15, 0.2) is 12.1 Å². The standard InChI is InChI=1S/C10H18O6/c1-10(2)15-7-6(12)5(4-11)14-9(13-3)8(7)16-10/h5-9,11-12H,4H2,1-3H3/t5-,6-,7+,8-,9-/m1/s1. The largest absolute Gasteiger partial charge is 0.394 e. The zero-order chi connectivity index (χ0) is 11.9. The Balaban J connectivity index is 2.18. The highest BCUT2D eigenvalue weighted by Crippen LogP contribution is 2.37. The number of methoxy groups -OCH3 is 1. The van der Waals surface area contributed by atoms with Gasteiger partial charge in [0.1, 0.15) is 24.4 Å². The van der Waals surface area contributed by atoms with E-state index in [4.69, 9.17) is 24.1 Å². The maximum Gasteiger partial charge on any atom is 0.186 e. The van der Waals surface area contributed by atoms with Gasteiger partial charge in [-0.25, -0.2) is 0 Å². The van der Waals surface area contributed by atoms with Crippen molar-refractivity contribution in [1.29, 1.82) is 0 Å². The van der Waals surface area contributed by atoms with Crippen LogP contribution in [0.5, 0.6) is 0 Å². The van der Waals surface area contributed by atoms with Gasteiger partial charge in [-0.05, 0) is 13.8 Å². The molecule has 0 amide bonds. The van der Waals surface area contributed by atoms with Crippen LogP contribution >= 0.6 is 0 Å². The molecular weight excluding hydrogens is 216 g/mol. The third-order valence-electron chi connectivity index (χ3n) is 2.87. The van der Waals surface area contributed by atoms with Crippen LogP contribution < -0.4 is 0 Å². The van der Waals surface area contributed by atoms with Crippen molar-refractivity contribution < 1.29 is 29.2 Å². The summed E-state index contributed by atoms with van der Waals surface area (Å²) in [7, 11) is 1.49. The molecule has 2 fully saturated rings. The molecule has 0 aliphatic carbocycles. The fraction of sp³-hybridized carbons (Fsp3) is 1.00. The van der Waals surface area contributed by atoms with Gasteiger partial charge < -0.3 is 29.2 Å². The van der Waals surface area contributed by atoms with Crippen molar-refractivity contribution in [2.24, 2.45) is 0 Å². The van der Waals surface area contributed by atoms with E-state index in [0.29, 0.717) is 0 Å². The Morgan fingerprint density at radius 3 is 2.44 bits per heavy atom. The molecule has 0 aromatic rings. The maximum atomic E-state index is 9.94. The number of aliphatic hydroxyl groups is 2. The molecule has 2 aliphatic heterocycles. The first kappa shape index (κ1) is 12.2. The van der Waals surface area contributed by atoms with Gasteiger partial charge in [0.05, 0.1) is 6.61 Å². The summed E-state index contributed by atoms with van der Waals surface area (Å²) >= 11 is 0. The van der Waals surface area contributed by atoms with Crippen LogP contribution in [0, 0.1) is 0 Å². The highest BCUT2D eigenvalue weighted by Gasteiger charge is 2.54. The Hall–Kier alpha value is -0.240. The molecule has 0 unspecified atom stereocenters. The molecular formula is C10H18O6. The fourth-order valence-corrected chi connectivity index (χ4v) is 2.17. The van der Waals surface area contributed by atoms with Gasteiger partial charge in [-0.1, -0.05) is 0 Å². The Bertz CT molecular complexity index is 256. The van der Waals surface area contributed by atoms with Gasteiger partial charge in [0, 0.05) is 7.11 Å². The molecule has 2 aliphatic rings. The van der Waals surface area contributed by atoms with Crippen LogP contribution in [-0.2, 0) is 18.9 Å². The highest BCUT2D eigenvalue weighted by molar-refractivity contribution is 4.95. The van der Waals surface area contributed by atoms with Crippen molar-refractivity contribution in [3.05, 3.63) is 0 Å². The third kappa shape index (κ3) is 1.97. The van der Waals surface area contributed by atoms with E-state index in [1.165, 1.54) is 7.11 Å². The SMILES string of the molecule is CO[C@@H]1O[C@H](CO)[C@@H](O)[C@@H]2OC(C)(C)O[C@@H]12. The van der Waals surface area contributed by atoms with Crippen LogP contribution in [0.4, 0.5) is 0 Å². The number of hydrogen-bond donors (Lipinski definition) is 2. The second-order valence-corrected chi connectivity index (χ2v) is 4.52. The van der Waals surface area contributed by atoms with Crippen molar-refractivity contribution in [3.8, 4) is 0 Å². The summed E-state index contributed by atoms with van der Waals surface area (Å²) in [6.45, 7) is 3.24. The highest BCUT2D eigenvalue weighted by atomic mass is 16.8. The summed E-state index contributed by atoms with van der Waals surface area (Å²) in [5.41, 5.74) is 0. The second kappa shape index (κ2) is 4.21. The molecule has 0 spiro atoms. The molecule has 2 heterocycles. The predicted molar refractivity (Wildman–Crippen MR) is 52.6 cm³/mol. The Labute approximate surface area is 94.1 Å². The minimum atomic E-state index is -0.914. The second-order valence-electron chi connectivity index (χ2n) is 4.52. The molecule has 94 valence electrons. The average Bonchev–Trinajstić information content (AvgIpc) is 2.55. The van der Waals surface area contributed by atoms with E-state index in [9.17, 15) is 5.11 Å². The molecule has 2 saturated heterocycles. The number of ether oxygens (including phenoxy) is 4. The first-order chi connectivity index (χ1) is 7.48. The lowest BCUT2D eigenvalue weighted by Gasteiger charge is -2.38. The molecule has 0 radical (unpaired) electrons. The van der Waals surface area contributed by atoms with Crippen LogP contribution in [0.1, 0.15) is 13.8 Å². The van der Waals surface area contributed by atoms with E-state index in [1.54, 1.807) is 13.8 Å². The van der Waals surface area contributed by atoms with Crippen molar-refractivity contribution in [1.82, 2.24) is 0 Å². The Morgan fingerprint density at radius 1 is 1.25 bits per heavy atom. The molecule has 16 heavy (non-hydrogen) atoms. The predicted octanol–water partition coefficient (Wildman–Crippen LogP) is -0.769. The van der Waals surface area contributed by atoms with Crippen LogP contribution in [0.15, 0.2) is 0 Å². The number of fused-ring (bicyclic) bond motifs is 1. The first-order valence-electron chi connectivity index (χ1n) is 5.31. The van der Waals surface area contributed by atoms with Gasteiger partial charge in [0.2, 0.25) is 0 Å². The topological polar surface area (TPSA) is 77.4 Å². The maximum absolute atomic E-state index is 9.94. The van der Waals surface area contributed by atoms with E-state index < -0.39 is 36.5 Å². The molecule has 2 rings (SSSR count). The summed E-state index contributed by atoms with van der Waals surface area (Å²) in [5, 5.41) is 19.0. The lowest BCUT2D eigenvalue weighted by molar-refractivity contribution is -0.272. The van der Waals surface area contributed by atoms with Gasteiger partial charge in [0.25, 0.3) is 0 Å². The molecule has 0 aromatic carbocycles. The summed E-state index contributed by atoms with van der Waals surface area (Å²) in [4.78, 5) is 0. The molecule has 6 heteroatoms. The third-order valence-corrected chi connectivity index (χ3v) is 2.87. The Kier molecular flexibility index (Phi) is 3.22. The minimum Gasteiger partial charge on any atom is -0.394 e. The van der Waals surface area contributed by atoms with Crippen LogP contribution in [0.2, 0.25) is 0 Å². The van der Waals surface area contributed by atoms with E-state index in [0.717, 1.165) is 0 Å². The smallest absolute Gasteiger partial charge is 0.186 e. The molecule has 2 N–H and O–H groups in total. The van der Waals surface area contributed by atoms with Crippen molar-refractivity contribution >= 4 is 0 Å². The van der Waals surface area contributed by atoms with E-state index in [2.05, 4.69) is 0 Å². The van der Waals surface area contributed by atoms with Gasteiger partial charge in [-0.2, -0.15) is 0 Å². The summed E-state index contributed by atoms with van der Waals surface area (Å²) in [6, 6.07) is 0. The normalized spacial score (nSPS) is 46.7. The monoisotopic (exact) mass is 234 g/mol. The quantitative estimate of drug-likeness (QED) is 0.653. The average molecular weight is 234 g/mol. The van der Waals surface area contributed by atoms with Gasteiger partial charge in [-0.3, -0.25) is 0 Å². The summed E-state index contributed by atoms with van der Waals surface area (Å²) in [5.74, 6) is -0.777. The molecule has 0 saturated carbocycles. The Morgan fingerprint density at radius 2 is 1.88 bits per heavy atom. The molecule has 5 atom stereocenters. The number of rotatable bonds is 2. The zero-order valence-corrected chi connectivity index (χ0v) is 9.62. The molecule has 0 aromatic heterocycles.